The number of aryl methyl sites for hydroxylation is 2. The molecule has 0 bridgehead atoms. The number of carbonyl (C=O) groups is 1. The van der Waals surface area contributed by atoms with Gasteiger partial charge in [0.1, 0.15) is 6.04 Å². The highest BCUT2D eigenvalue weighted by Gasteiger charge is 2.26. The Morgan fingerprint density at radius 3 is 2.31 bits per heavy atom. The minimum atomic E-state index is -0.589. The second kappa shape index (κ2) is 9.92. The standard InChI is InChI=1S/C18H24N4O2.2ClH/c1-13-3-5-15(6-4-13)17(19)18(23)22-9-7-21(8-10-22)12-16-11-14(2)20-24-16;;/h3-6,11,17H,7-10,12,19H2,1-2H3;2*1H. The van der Waals surface area contributed by atoms with E-state index in [2.05, 4.69) is 10.1 Å². The third-order valence-corrected chi connectivity index (χ3v) is 4.44. The molecule has 1 aromatic heterocycles. The van der Waals surface area contributed by atoms with Crippen molar-refractivity contribution in [1.82, 2.24) is 15.0 Å². The molecule has 1 unspecified atom stereocenters. The average Bonchev–Trinajstić information content (AvgIpc) is 3.00. The van der Waals surface area contributed by atoms with Crippen LogP contribution >= 0.6 is 24.8 Å². The number of rotatable bonds is 4. The molecule has 144 valence electrons. The van der Waals surface area contributed by atoms with Gasteiger partial charge in [0, 0.05) is 32.2 Å². The molecular formula is C18H26Cl2N4O2. The van der Waals surface area contributed by atoms with Gasteiger partial charge in [0.05, 0.1) is 12.2 Å². The number of piperazine rings is 1. The lowest BCUT2D eigenvalue weighted by Gasteiger charge is -2.35. The highest BCUT2D eigenvalue weighted by Crippen LogP contribution is 2.16. The molecule has 2 aromatic rings. The molecule has 1 aliphatic heterocycles. The van der Waals surface area contributed by atoms with Gasteiger partial charge < -0.3 is 15.2 Å². The van der Waals surface area contributed by atoms with E-state index in [-0.39, 0.29) is 30.7 Å². The van der Waals surface area contributed by atoms with Gasteiger partial charge in [0.2, 0.25) is 5.91 Å². The van der Waals surface area contributed by atoms with Gasteiger partial charge in [0.15, 0.2) is 5.76 Å². The number of amides is 1. The number of carbonyl (C=O) groups excluding carboxylic acids is 1. The fraction of sp³-hybridized carbons (Fsp3) is 0.444. The lowest BCUT2D eigenvalue weighted by atomic mass is 10.0. The summed E-state index contributed by atoms with van der Waals surface area (Å²) in [5, 5.41) is 3.91. The Kier molecular flexibility index (Phi) is 8.56. The van der Waals surface area contributed by atoms with Crippen LogP contribution in [0.4, 0.5) is 0 Å². The number of hydrogen-bond donors (Lipinski definition) is 1. The van der Waals surface area contributed by atoms with E-state index < -0.39 is 6.04 Å². The van der Waals surface area contributed by atoms with Crippen LogP contribution in [-0.4, -0.2) is 47.0 Å². The number of hydrogen-bond acceptors (Lipinski definition) is 5. The van der Waals surface area contributed by atoms with Crippen molar-refractivity contribution in [2.45, 2.75) is 26.4 Å². The summed E-state index contributed by atoms with van der Waals surface area (Å²) < 4.78 is 5.25. The Labute approximate surface area is 166 Å². The summed E-state index contributed by atoms with van der Waals surface area (Å²) >= 11 is 0. The molecule has 6 nitrogen and oxygen atoms in total. The molecule has 2 heterocycles. The molecule has 1 atom stereocenters. The number of nitrogens with zero attached hydrogens (tertiary/aromatic N) is 3. The molecule has 26 heavy (non-hydrogen) atoms. The Morgan fingerprint density at radius 2 is 1.77 bits per heavy atom. The maximum atomic E-state index is 12.6. The Balaban J connectivity index is 0.00000169. The zero-order valence-corrected chi connectivity index (χ0v) is 16.7. The van der Waals surface area contributed by atoms with Crippen LogP contribution in [0.3, 0.4) is 0 Å². The fourth-order valence-electron chi connectivity index (χ4n) is 2.95. The van der Waals surface area contributed by atoms with Gasteiger partial charge in [-0.25, -0.2) is 0 Å². The third-order valence-electron chi connectivity index (χ3n) is 4.44. The minimum absolute atomic E-state index is 0. The van der Waals surface area contributed by atoms with Crippen molar-refractivity contribution in [3.05, 3.63) is 52.9 Å². The van der Waals surface area contributed by atoms with Crippen LogP contribution in [-0.2, 0) is 11.3 Å². The van der Waals surface area contributed by atoms with E-state index in [0.717, 1.165) is 42.2 Å². The Bertz CT molecular complexity index is 697. The number of halogens is 2. The first-order chi connectivity index (χ1) is 11.5. The van der Waals surface area contributed by atoms with Crippen molar-refractivity contribution >= 4 is 30.7 Å². The van der Waals surface area contributed by atoms with E-state index in [0.29, 0.717) is 13.1 Å². The van der Waals surface area contributed by atoms with Gasteiger partial charge in [-0.3, -0.25) is 9.69 Å². The van der Waals surface area contributed by atoms with Crippen LogP contribution in [0, 0.1) is 13.8 Å². The van der Waals surface area contributed by atoms with Crippen molar-refractivity contribution in [2.75, 3.05) is 26.2 Å². The van der Waals surface area contributed by atoms with E-state index in [4.69, 9.17) is 10.3 Å². The van der Waals surface area contributed by atoms with E-state index in [9.17, 15) is 4.79 Å². The van der Waals surface area contributed by atoms with Crippen molar-refractivity contribution in [3.8, 4) is 0 Å². The van der Waals surface area contributed by atoms with Crippen LogP contribution < -0.4 is 5.73 Å². The largest absolute Gasteiger partial charge is 0.360 e. The monoisotopic (exact) mass is 400 g/mol. The maximum absolute atomic E-state index is 12.6. The summed E-state index contributed by atoms with van der Waals surface area (Å²) in [4.78, 5) is 16.7. The average molecular weight is 401 g/mol. The number of aromatic nitrogens is 1. The zero-order valence-electron chi connectivity index (χ0n) is 15.1. The highest BCUT2D eigenvalue weighted by molar-refractivity contribution is 5.85. The molecule has 0 saturated carbocycles. The molecule has 8 heteroatoms. The zero-order chi connectivity index (χ0) is 17.1. The summed E-state index contributed by atoms with van der Waals surface area (Å²) in [5.41, 5.74) is 9.07. The molecule has 1 saturated heterocycles. The third kappa shape index (κ3) is 5.45. The Morgan fingerprint density at radius 1 is 1.15 bits per heavy atom. The lowest BCUT2D eigenvalue weighted by Crippen LogP contribution is -2.50. The van der Waals surface area contributed by atoms with Crippen LogP contribution in [0.15, 0.2) is 34.9 Å². The summed E-state index contributed by atoms with van der Waals surface area (Å²) in [7, 11) is 0. The molecule has 0 radical (unpaired) electrons. The van der Waals surface area contributed by atoms with E-state index in [1.807, 2.05) is 49.1 Å². The minimum Gasteiger partial charge on any atom is -0.360 e. The summed E-state index contributed by atoms with van der Waals surface area (Å²) in [6.45, 7) is 7.66. The second-order valence-electron chi connectivity index (χ2n) is 6.42. The SMILES string of the molecule is Cc1ccc(C(N)C(=O)N2CCN(Cc3cc(C)no3)CC2)cc1.Cl.Cl. The van der Waals surface area contributed by atoms with Crippen LogP contribution in [0.5, 0.6) is 0 Å². The van der Waals surface area contributed by atoms with Crippen molar-refractivity contribution in [2.24, 2.45) is 5.73 Å². The summed E-state index contributed by atoms with van der Waals surface area (Å²) in [5.74, 6) is 0.859. The van der Waals surface area contributed by atoms with E-state index >= 15 is 0 Å². The van der Waals surface area contributed by atoms with E-state index in [1.165, 1.54) is 0 Å². The molecule has 2 N–H and O–H groups in total. The quantitative estimate of drug-likeness (QED) is 0.852. The summed E-state index contributed by atoms with van der Waals surface area (Å²) in [6, 6.07) is 9.19. The van der Waals surface area contributed by atoms with Gasteiger partial charge in [-0.2, -0.15) is 0 Å². The normalized spacial score (nSPS) is 15.7. The predicted octanol–water partition coefficient (Wildman–Crippen LogP) is 2.48. The van der Waals surface area contributed by atoms with Gasteiger partial charge in [-0.1, -0.05) is 35.0 Å². The maximum Gasteiger partial charge on any atom is 0.244 e. The first-order valence-corrected chi connectivity index (χ1v) is 8.28. The van der Waals surface area contributed by atoms with Crippen molar-refractivity contribution < 1.29 is 9.32 Å². The predicted molar refractivity (Wildman–Crippen MR) is 106 cm³/mol. The van der Waals surface area contributed by atoms with Crippen LogP contribution in [0.25, 0.3) is 0 Å². The van der Waals surface area contributed by atoms with Crippen molar-refractivity contribution in [3.63, 3.8) is 0 Å². The molecule has 0 aliphatic carbocycles. The second-order valence-corrected chi connectivity index (χ2v) is 6.42. The molecular weight excluding hydrogens is 375 g/mol. The van der Waals surface area contributed by atoms with Gasteiger partial charge in [0.25, 0.3) is 0 Å². The van der Waals surface area contributed by atoms with Gasteiger partial charge in [-0.15, -0.1) is 24.8 Å². The molecule has 0 spiro atoms. The van der Waals surface area contributed by atoms with Gasteiger partial charge in [-0.05, 0) is 19.4 Å². The molecule has 3 rings (SSSR count). The first-order valence-electron chi connectivity index (χ1n) is 8.28. The smallest absolute Gasteiger partial charge is 0.244 e. The molecule has 1 fully saturated rings. The van der Waals surface area contributed by atoms with Crippen LogP contribution in [0.2, 0.25) is 0 Å². The number of benzene rings is 1. The summed E-state index contributed by atoms with van der Waals surface area (Å²) in [6.07, 6.45) is 0. The first kappa shape index (κ1) is 22.4. The number of nitrogens with two attached hydrogens (primary N) is 1. The van der Waals surface area contributed by atoms with Crippen molar-refractivity contribution in [1.29, 1.82) is 0 Å². The lowest BCUT2D eigenvalue weighted by molar-refractivity contribution is -0.134. The Hall–Kier alpha value is -1.60. The molecule has 1 amide bonds. The topological polar surface area (TPSA) is 75.6 Å². The highest BCUT2D eigenvalue weighted by atomic mass is 35.5. The van der Waals surface area contributed by atoms with Crippen LogP contribution in [0.1, 0.15) is 28.6 Å². The molecule has 1 aromatic carbocycles. The van der Waals surface area contributed by atoms with Gasteiger partial charge >= 0.3 is 0 Å². The fourth-order valence-corrected chi connectivity index (χ4v) is 2.95. The molecule has 1 aliphatic rings. The van der Waals surface area contributed by atoms with E-state index in [1.54, 1.807) is 0 Å².